The van der Waals surface area contributed by atoms with Crippen molar-refractivity contribution >= 4 is 0 Å². The molecule has 0 aliphatic carbocycles. The Hall–Kier alpha value is -3.22. The molecule has 26 heavy (non-hydrogen) atoms. The first kappa shape index (κ1) is 17.6. The van der Waals surface area contributed by atoms with Gasteiger partial charge >= 0.3 is 0 Å². The third-order valence-corrected chi connectivity index (χ3v) is 3.76. The zero-order valence-electron chi connectivity index (χ0n) is 15.1. The van der Waals surface area contributed by atoms with Crippen molar-refractivity contribution in [2.75, 3.05) is 27.9 Å². The lowest BCUT2D eigenvalue weighted by Gasteiger charge is -2.12. The van der Waals surface area contributed by atoms with E-state index in [1.54, 1.807) is 33.5 Å². The largest absolute Gasteiger partial charge is 0.494 e. The van der Waals surface area contributed by atoms with E-state index >= 15 is 0 Å². The van der Waals surface area contributed by atoms with Gasteiger partial charge in [-0.2, -0.15) is 4.98 Å². The molecule has 0 aliphatic heterocycles. The zero-order chi connectivity index (χ0) is 18.5. The van der Waals surface area contributed by atoms with Crippen molar-refractivity contribution in [1.29, 1.82) is 0 Å². The van der Waals surface area contributed by atoms with Gasteiger partial charge in [0.25, 0.3) is 5.89 Å². The van der Waals surface area contributed by atoms with Gasteiger partial charge in [-0.05, 0) is 43.3 Å². The van der Waals surface area contributed by atoms with Gasteiger partial charge < -0.3 is 23.5 Å². The van der Waals surface area contributed by atoms with Gasteiger partial charge in [0.15, 0.2) is 11.5 Å². The molecule has 0 radical (unpaired) electrons. The van der Waals surface area contributed by atoms with Crippen LogP contribution < -0.4 is 18.9 Å². The third kappa shape index (κ3) is 3.42. The number of aromatic nitrogens is 2. The summed E-state index contributed by atoms with van der Waals surface area (Å²) in [5.41, 5.74) is 1.50. The molecule has 0 bridgehead atoms. The highest BCUT2D eigenvalue weighted by molar-refractivity contribution is 5.67. The van der Waals surface area contributed by atoms with E-state index in [9.17, 15) is 0 Å². The first-order chi connectivity index (χ1) is 12.7. The van der Waals surface area contributed by atoms with Crippen LogP contribution in [0.5, 0.6) is 23.0 Å². The van der Waals surface area contributed by atoms with Gasteiger partial charge in [0.05, 0.1) is 27.9 Å². The van der Waals surface area contributed by atoms with E-state index in [0.717, 1.165) is 11.3 Å². The Morgan fingerprint density at radius 2 is 1.54 bits per heavy atom. The lowest BCUT2D eigenvalue weighted by atomic mass is 10.1. The maximum absolute atomic E-state index is 5.44. The maximum atomic E-state index is 5.44. The summed E-state index contributed by atoms with van der Waals surface area (Å²) in [5.74, 6) is 3.18. The molecule has 0 saturated heterocycles. The van der Waals surface area contributed by atoms with E-state index in [1.807, 2.05) is 31.2 Å². The second-order valence-corrected chi connectivity index (χ2v) is 5.29. The number of hydrogen-bond acceptors (Lipinski definition) is 7. The first-order valence-electron chi connectivity index (χ1n) is 8.07. The summed E-state index contributed by atoms with van der Waals surface area (Å²) in [6.07, 6.45) is 0. The van der Waals surface area contributed by atoms with Crippen LogP contribution in [-0.2, 0) is 0 Å². The predicted octanol–water partition coefficient (Wildman–Crippen LogP) is 3.83. The van der Waals surface area contributed by atoms with Gasteiger partial charge in [0, 0.05) is 11.1 Å². The summed E-state index contributed by atoms with van der Waals surface area (Å²) >= 11 is 0. The molecular weight excluding hydrogens is 336 g/mol. The Balaban J connectivity index is 1.94. The topological polar surface area (TPSA) is 75.8 Å². The van der Waals surface area contributed by atoms with Crippen LogP contribution in [0.4, 0.5) is 0 Å². The minimum Gasteiger partial charge on any atom is -0.494 e. The molecule has 0 aliphatic rings. The van der Waals surface area contributed by atoms with E-state index in [1.165, 1.54) is 0 Å². The molecule has 136 valence electrons. The van der Waals surface area contributed by atoms with Crippen molar-refractivity contribution in [2.24, 2.45) is 0 Å². The average Bonchev–Trinajstić information content (AvgIpc) is 3.17. The minimum atomic E-state index is 0.414. The Morgan fingerprint density at radius 3 is 2.08 bits per heavy atom. The van der Waals surface area contributed by atoms with Crippen LogP contribution in [0.3, 0.4) is 0 Å². The van der Waals surface area contributed by atoms with E-state index < -0.39 is 0 Å². The summed E-state index contributed by atoms with van der Waals surface area (Å²) in [7, 11) is 4.67. The van der Waals surface area contributed by atoms with Crippen molar-refractivity contribution in [3.05, 3.63) is 36.4 Å². The van der Waals surface area contributed by atoms with Crippen molar-refractivity contribution in [3.63, 3.8) is 0 Å². The second kappa shape index (κ2) is 7.77. The molecule has 3 rings (SSSR count). The molecule has 0 amide bonds. The normalized spacial score (nSPS) is 10.5. The van der Waals surface area contributed by atoms with Gasteiger partial charge in [-0.3, -0.25) is 0 Å². The van der Waals surface area contributed by atoms with Gasteiger partial charge in [0.1, 0.15) is 5.75 Å². The summed E-state index contributed by atoms with van der Waals surface area (Å²) < 4.78 is 26.9. The SMILES string of the molecule is CCOc1ccc(-c2nc(-c3cc(OC)c(OC)c(OC)c3)no2)cc1. The number of benzene rings is 2. The summed E-state index contributed by atoms with van der Waals surface area (Å²) in [6, 6.07) is 11.0. The number of nitrogens with zero attached hydrogens (tertiary/aromatic N) is 2. The van der Waals surface area contributed by atoms with Crippen LogP contribution >= 0.6 is 0 Å². The quantitative estimate of drug-likeness (QED) is 0.637. The molecule has 2 aromatic carbocycles. The van der Waals surface area contributed by atoms with E-state index in [4.69, 9.17) is 23.5 Å². The molecule has 0 N–H and O–H groups in total. The zero-order valence-corrected chi connectivity index (χ0v) is 15.1. The Morgan fingerprint density at radius 1 is 0.885 bits per heavy atom. The van der Waals surface area contributed by atoms with Crippen molar-refractivity contribution in [1.82, 2.24) is 10.1 Å². The van der Waals surface area contributed by atoms with E-state index in [0.29, 0.717) is 41.1 Å². The fourth-order valence-electron chi connectivity index (χ4n) is 2.53. The number of methoxy groups -OCH3 is 3. The fraction of sp³-hybridized carbons (Fsp3) is 0.263. The first-order valence-corrected chi connectivity index (χ1v) is 8.07. The standard InChI is InChI=1S/C19H20N2O5/c1-5-25-14-8-6-12(7-9-14)19-20-18(21-26-19)13-10-15(22-2)17(24-4)16(11-13)23-3/h6-11H,5H2,1-4H3. The van der Waals surface area contributed by atoms with Gasteiger partial charge in [0.2, 0.25) is 11.6 Å². The third-order valence-electron chi connectivity index (χ3n) is 3.76. The molecule has 3 aromatic rings. The van der Waals surface area contributed by atoms with Crippen LogP contribution in [0.15, 0.2) is 40.9 Å². The Labute approximate surface area is 151 Å². The van der Waals surface area contributed by atoms with Crippen LogP contribution in [-0.4, -0.2) is 38.1 Å². The smallest absolute Gasteiger partial charge is 0.258 e. The number of ether oxygens (including phenoxy) is 4. The second-order valence-electron chi connectivity index (χ2n) is 5.29. The van der Waals surface area contributed by atoms with Crippen molar-refractivity contribution in [2.45, 2.75) is 6.92 Å². The number of rotatable bonds is 7. The number of hydrogen-bond donors (Lipinski definition) is 0. The van der Waals surface area contributed by atoms with E-state index in [2.05, 4.69) is 10.1 Å². The van der Waals surface area contributed by atoms with E-state index in [-0.39, 0.29) is 0 Å². The highest BCUT2D eigenvalue weighted by Gasteiger charge is 2.17. The molecule has 7 heteroatoms. The van der Waals surface area contributed by atoms with Crippen LogP contribution in [0.25, 0.3) is 22.8 Å². The van der Waals surface area contributed by atoms with Crippen LogP contribution in [0.2, 0.25) is 0 Å². The predicted molar refractivity (Wildman–Crippen MR) is 96.0 cm³/mol. The average molecular weight is 356 g/mol. The lowest BCUT2D eigenvalue weighted by molar-refractivity contribution is 0.324. The fourth-order valence-corrected chi connectivity index (χ4v) is 2.53. The van der Waals surface area contributed by atoms with Crippen molar-refractivity contribution in [3.8, 4) is 45.8 Å². The van der Waals surface area contributed by atoms with Gasteiger partial charge in [-0.15, -0.1) is 0 Å². The highest BCUT2D eigenvalue weighted by atomic mass is 16.5. The van der Waals surface area contributed by atoms with Crippen molar-refractivity contribution < 1.29 is 23.5 Å². The monoisotopic (exact) mass is 356 g/mol. The molecule has 1 heterocycles. The molecule has 0 atom stereocenters. The molecule has 0 fully saturated rings. The molecule has 7 nitrogen and oxygen atoms in total. The lowest BCUT2D eigenvalue weighted by Crippen LogP contribution is -1.96. The summed E-state index contributed by atoms with van der Waals surface area (Å²) in [4.78, 5) is 4.46. The minimum absolute atomic E-state index is 0.414. The molecule has 1 aromatic heterocycles. The molecule has 0 saturated carbocycles. The van der Waals surface area contributed by atoms with Gasteiger partial charge in [-0.25, -0.2) is 0 Å². The van der Waals surface area contributed by atoms with Crippen LogP contribution in [0, 0.1) is 0 Å². The maximum Gasteiger partial charge on any atom is 0.258 e. The summed E-state index contributed by atoms with van der Waals surface area (Å²) in [5, 5.41) is 4.06. The molecule has 0 spiro atoms. The highest BCUT2D eigenvalue weighted by Crippen LogP contribution is 2.40. The Kier molecular flexibility index (Phi) is 5.26. The Bertz CT molecular complexity index is 849. The van der Waals surface area contributed by atoms with Gasteiger partial charge in [-0.1, -0.05) is 5.16 Å². The van der Waals surface area contributed by atoms with Crippen LogP contribution in [0.1, 0.15) is 6.92 Å². The summed E-state index contributed by atoms with van der Waals surface area (Å²) in [6.45, 7) is 2.56. The molecular formula is C19H20N2O5. The molecule has 0 unspecified atom stereocenters.